The van der Waals surface area contributed by atoms with E-state index in [1.807, 2.05) is 24.8 Å². The first kappa shape index (κ1) is 11.7. The van der Waals surface area contributed by atoms with Gasteiger partial charge in [-0.25, -0.2) is 4.98 Å². The number of allylic oxidation sites excluding steroid dienone is 1. The molecule has 0 aliphatic heterocycles. The molecular weight excluding hydrogens is 263 g/mol. The third kappa shape index (κ3) is 2.97. The van der Waals surface area contributed by atoms with Crippen molar-refractivity contribution >= 4 is 24.0 Å². The van der Waals surface area contributed by atoms with E-state index in [1.54, 1.807) is 0 Å². The Morgan fingerprint density at radius 1 is 1.67 bits per heavy atom. The summed E-state index contributed by atoms with van der Waals surface area (Å²) in [6, 6.07) is 0.537. The first-order valence-corrected chi connectivity index (χ1v) is 3.96. The summed E-state index contributed by atoms with van der Waals surface area (Å²) >= 11 is 0. The van der Waals surface area contributed by atoms with Crippen LogP contribution in [0.1, 0.15) is 25.8 Å². The maximum Gasteiger partial charge on any atom is 0.0948 e. The van der Waals surface area contributed by atoms with Crippen LogP contribution < -0.4 is 0 Å². The van der Waals surface area contributed by atoms with Crippen LogP contribution in [-0.4, -0.2) is 9.55 Å². The third-order valence-corrected chi connectivity index (χ3v) is 1.86. The van der Waals surface area contributed by atoms with E-state index >= 15 is 0 Å². The van der Waals surface area contributed by atoms with Crippen LogP contribution in [0.25, 0.3) is 0 Å². The topological polar surface area (TPSA) is 17.8 Å². The number of hydrogen-bond acceptors (Lipinski definition) is 1. The predicted molar refractivity (Wildman–Crippen MR) is 61.8 cm³/mol. The lowest BCUT2D eigenvalue weighted by molar-refractivity contribution is 0.491. The van der Waals surface area contributed by atoms with Crippen LogP contribution in [0, 0.1) is 0 Å². The summed E-state index contributed by atoms with van der Waals surface area (Å²) in [6.45, 7) is 5.90. The van der Waals surface area contributed by atoms with E-state index in [4.69, 9.17) is 0 Å². The zero-order chi connectivity index (χ0) is 8.10. The molecule has 68 valence electrons. The molecule has 0 aliphatic rings. The van der Waals surface area contributed by atoms with E-state index in [1.165, 1.54) is 0 Å². The second-order valence-electron chi connectivity index (χ2n) is 2.60. The molecule has 0 fully saturated rings. The molecule has 0 saturated heterocycles. The van der Waals surface area contributed by atoms with Crippen LogP contribution >= 0.6 is 24.0 Å². The maximum absolute atomic E-state index is 4.00. The highest BCUT2D eigenvalue weighted by atomic mass is 127. The first-order chi connectivity index (χ1) is 5.38. The molecular formula is C9H15IN2. The zero-order valence-corrected chi connectivity index (χ0v) is 9.64. The van der Waals surface area contributed by atoms with E-state index in [-0.39, 0.29) is 24.0 Å². The lowest BCUT2D eigenvalue weighted by Gasteiger charge is -2.13. The Balaban J connectivity index is 0.00000121. The summed E-state index contributed by atoms with van der Waals surface area (Å²) in [5.41, 5.74) is 0. The molecule has 0 bridgehead atoms. The Bertz CT molecular complexity index is 206. The SMILES string of the molecule is C=CCC(CC)n1ccnc1.I. The van der Waals surface area contributed by atoms with Gasteiger partial charge in [0.25, 0.3) is 0 Å². The molecule has 1 atom stereocenters. The first-order valence-electron chi connectivity index (χ1n) is 3.96. The highest BCUT2D eigenvalue weighted by molar-refractivity contribution is 14.0. The number of rotatable bonds is 4. The van der Waals surface area contributed by atoms with Crippen LogP contribution in [0.2, 0.25) is 0 Å². The average Bonchev–Trinajstić information content (AvgIpc) is 2.52. The molecule has 1 rings (SSSR count). The van der Waals surface area contributed by atoms with Crippen molar-refractivity contribution in [3.05, 3.63) is 31.4 Å². The highest BCUT2D eigenvalue weighted by Crippen LogP contribution is 2.14. The van der Waals surface area contributed by atoms with E-state index < -0.39 is 0 Å². The Labute approximate surface area is 90.7 Å². The zero-order valence-electron chi connectivity index (χ0n) is 7.31. The van der Waals surface area contributed by atoms with Crippen LogP contribution in [0.15, 0.2) is 31.4 Å². The minimum Gasteiger partial charge on any atom is -0.334 e. The van der Waals surface area contributed by atoms with Gasteiger partial charge in [-0.1, -0.05) is 13.0 Å². The minimum absolute atomic E-state index is 0. The fourth-order valence-electron chi connectivity index (χ4n) is 1.18. The van der Waals surface area contributed by atoms with Crippen molar-refractivity contribution in [2.45, 2.75) is 25.8 Å². The number of imidazole rings is 1. The van der Waals surface area contributed by atoms with Crippen LogP contribution in [-0.2, 0) is 0 Å². The third-order valence-electron chi connectivity index (χ3n) is 1.86. The van der Waals surface area contributed by atoms with E-state index in [9.17, 15) is 0 Å². The van der Waals surface area contributed by atoms with Crippen LogP contribution in [0.3, 0.4) is 0 Å². The van der Waals surface area contributed by atoms with Crippen molar-refractivity contribution in [3.8, 4) is 0 Å². The normalized spacial score (nSPS) is 11.8. The van der Waals surface area contributed by atoms with Gasteiger partial charge in [0.15, 0.2) is 0 Å². The molecule has 12 heavy (non-hydrogen) atoms. The molecule has 1 aromatic rings. The fourth-order valence-corrected chi connectivity index (χ4v) is 1.18. The second kappa shape index (κ2) is 6.22. The molecule has 0 N–H and O–H groups in total. The summed E-state index contributed by atoms with van der Waals surface area (Å²) in [6.07, 6.45) is 9.77. The lowest BCUT2D eigenvalue weighted by atomic mass is 10.1. The van der Waals surface area contributed by atoms with Gasteiger partial charge in [0.05, 0.1) is 6.33 Å². The molecule has 0 amide bonds. The molecule has 3 heteroatoms. The average molecular weight is 278 g/mol. The molecule has 1 aromatic heterocycles. The van der Waals surface area contributed by atoms with Crippen molar-refractivity contribution in [1.29, 1.82) is 0 Å². The van der Waals surface area contributed by atoms with Gasteiger partial charge in [-0.05, 0) is 12.8 Å². The summed E-state index contributed by atoms with van der Waals surface area (Å²) < 4.78 is 2.13. The Kier molecular flexibility index (Phi) is 6.06. The van der Waals surface area contributed by atoms with E-state index in [0.717, 1.165) is 12.8 Å². The van der Waals surface area contributed by atoms with Gasteiger partial charge in [-0.3, -0.25) is 0 Å². The van der Waals surface area contributed by atoms with Gasteiger partial charge in [0.1, 0.15) is 0 Å². The van der Waals surface area contributed by atoms with Crippen molar-refractivity contribution in [2.75, 3.05) is 0 Å². The second-order valence-corrected chi connectivity index (χ2v) is 2.60. The van der Waals surface area contributed by atoms with Gasteiger partial charge in [-0.15, -0.1) is 30.6 Å². The molecule has 0 saturated carbocycles. The van der Waals surface area contributed by atoms with Crippen molar-refractivity contribution in [3.63, 3.8) is 0 Å². The largest absolute Gasteiger partial charge is 0.334 e. The fraction of sp³-hybridized carbons (Fsp3) is 0.444. The number of aromatic nitrogens is 2. The Morgan fingerprint density at radius 3 is 2.83 bits per heavy atom. The van der Waals surface area contributed by atoms with Gasteiger partial charge in [0, 0.05) is 18.4 Å². The molecule has 2 nitrogen and oxygen atoms in total. The van der Waals surface area contributed by atoms with Gasteiger partial charge in [-0.2, -0.15) is 0 Å². The molecule has 0 spiro atoms. The lowest BCUT2D eigenvalue weighted by Crippen LogP contribution is -2.03. The number of nitrogens with zero attached hydrogens (tertiary/aromatic N) is 2. The summed E-state index contributed by atoms with van der Waals surface area (Å²) in [5, 5.41) is 0. The Hall–Kier alpha value is -0.320. The quantitative estimate of drug-likeness (QED) is 0.611. The number of halogens is 1. The number of hydrogen-bond donors (Lipinski definition) is 0. The molecule has 1 unspecified atom stereocenters. The molecule has 0 radical (unpaired) electrons. The van der Waals surface area contributed by atoms with Crippen molar-refractivity contribution < 1.29 is 0 Å². The molecule has 0 aliphatic carbocycles. The minimum atomic E-state index is 0. The summed E-state index contributed by atoms with van der Waals surface area (Å²) in [7, 11) is 0. The standard InChI is InChI=1S/C9H14N2.HI/c1-3-5-9(4-2)11-7-6-10-8-11;/h3,6-9H,1,4-5H2,2H3;1H. The highest BCUT2D eigenvalue weighted by Gasteiger charge is 2.03. The summed E-state index contributed by atoms with van der Waals surface area (Å²) in [4.78, 5) is 4.00. The molecule has 1 heterocycles. The van der Waals surface area contributed by atoms with Crippen LogP contribution in [0.4, 0.5) is 0 Å². The smallest absolute Gasteiger partial charge is 0.0948 e. The predicted octanol–water partition coefficient (Wildman–Crippen LogP) is 3.03. The summed E-state index contributed by atoms with van der Waals surface area (Å²) in [5.74, 6) is 0. The van der Waals surface area contributed by atoms with Crippen molar-refractivity contribution in [2.24, 2.45) is 0 Å². The van der Waals surface area contributed by atoms with Crippen LogP contribution in [0.5, 0.6) is 0 Å². The maximum atomic E-state index is 4.00. The molecule has 0 aromatic carbocycles. The van der Waals surface area contributed by atoms with E-state index in [2.05, 4.69) is 23.1 Å². The van der Waals surface area contributed by atoms with E-state index in [0.29, 0.717) is 6.04 Å². The Morgan fingerprint density at radius 2 is 2.42 bits per heavy atom. The van der Waals surface area contributed by atoms with Gasteiger partial charge >= 0.3 is 0 Å². The van der Waals surface area contributed by atoms with Crippen molar-refractivity contribution in [1.82, 2.24) is 9.55 Å². The van der Waals surface area contributed by atoms with Gasteiger partial charge in [0.2, 0.25) is 0 Å². The van der Waals surface area contributed by atoms with Gasteiger partial charge < -0.3 is 4.57 Å². The monoisotopic (exact) mass is 278 g/mol.